The summed E-state index contributed by atoms with van der Waals surface area (Å²) in [4.78, 5) is 69.6. The summed E-state index contributed by atoms with van der Waals surface area (Å²) in [7, 11) is -2.01. The Balaban J connectivity index is 0.00000300. The van der Waals surface area contributed by atoms with E-state index in [9.17, 15) is 23.8 Å². The average Bonchev–Trinajstić information content (AvgIpc) is 3.06. The number of rotatable bonds is 12. The SMILES string of the molecule is C=CCN1CC(=O)N2[C@@H](Cc3ccc(OP(=O)([O-])O)cc3)C(=O)N(Cc3cccc(OC)c3OC)C[C@@H]2N1C(=O)NCc1ccccn1.[H-].[Na+].[Na+]. The van der Waals surface area contributed by atoms with Crippen LogP contribution in [0.2, 0.25) is 0 Å². The van der Waals surface area contributed by atoms with Gasteiger partial charge in [0.2, 0.25) is 11.8 Å². The van der Waals surface area contributed by atoms with Gasteiger partial charge in [-0.05, 0) is 35.9 Å². The number of hydrogen-bond acceptors (Lipinski definition) is 10. The third-order valence-electron chi connectivity index (χ3n) is 7.94. The summed E-state index contributed by atoms with van der Waals surface area (Å²) in [5.74, 6) is 0.0743. The molecule has 15 nitrogen and oxygen atoms in total. The summed E-state index contributed by atoms with van der Waals surface area (Å²) >= 11 is 0. The fourth-order valence-corrected chi connectivity index (χ4v) is 6.31. The number of ether oxygens (including phenoxy) is 2. The summed E-state index contributed by atoms with van der Waals surface area (Å²) in [6.07, 6.45) is 2.34. The number of methoxy groups -OCH3 is 2. The van der Waals surface area contributed by atoms with Crippen molar-refractivity contribution in [2.24, 2.45) is 0 Å². The Morgan fingerprint density at radius 1 is 1.12 bits per heavy atom. The summed E-state index contributed by atoms with van der Waals surface area (Å²) in [5, 5.41) is 5.93. The molecule has 0 radical (unpaired) electrons. The van der Waals surface area contributed by atoms with Crippen LogP contribution < -0.4 is 83.3 Å². The Labute approximate surface area is 335 Å². The minimum Gasteiger partial charge on any atom is -1.00 e. The van der Waals surface area contributed by atoms with E-state index in [1.165, 1.54) is 48.4 Å². The van der Waals surface area contributed by atoms with E-state index in [0.717, 1.165) is 0 Å². The van der Waals surface area contributed by atoms with Crippen molar-refractivity contribution in [3.05, 3.63) is 96.3 Å². The van der Waals surface area contributed by atoms with Crippen molar-refractivity contribution in [1.29, 1.82) is 0 Å². The Kier molecular flexibility index (Phi) is 15.4. The number of nitrogens with zero attached hydrogens (tertiary/aromatic N) is 5. The number of para-hydroxylation sites is 1. The predicted octanol–water partition coefficient (Wildman–Crippen LogP) is -4.20. The van der Waals surface area contributed by atoms with Crippen LogP contribution in [0.25, 0.3) is 0 Å². The molecule has 0 aliphatic carbocycles. The molecule has 0 saturated carbocycles. The van der Waals surface area contributed by atoms with E-state index in [-0.39, 0.29) is 117 Å². The van der Waals surface area contributed by atoms with Gasteiger partial charge in [0.25, 0.3) is 0 Å². The molecule has 1 unspecified atom stereocenters. The number of phosphoric acid groups is 1. The second kappa shape index (κ2) is 18.5. The van der Waals surface area contributed by atoms with Crippen LogP contribution >= 0.6 is 7.82 Å². The second-order valence-corrected chi connectivity index (χ2v) is 12.2. The van der Waals surface area contributed by atoms with Crippen LogP contribution in [-0.4, -0.2) is 93.6 Å². The van der Waals surface area contributed by atoms with Crippen LogP contribution in [0.1, 0.15) is 18.2 Å². The Hall–Kier alpha value is -2.95. The number of benzene rings is 2. The van der Waals surface area contributed by atoms with Crippen molar-refractivity contribution in [3.63, 3.8) is 0 Å². The van der Waals surface area contributed by atoms with Crippen molar-refractivity contribution in [2.75, 3.05) is 33.9 Å². The number of pyridine rings is 1. The van der Waals surface area contributed by atoms with Gasteiger partial charge in [0, 0.05) is 31.3 Å². The van der Waals surface area contributed by atoms with Gasteiger partial charge in [-0.3, -0.25) is 19.1 Å². The smallest absolute Gasteiger partial charge is 1.00 e. The number of urea groups is 1. The molecule has 2 aliphatic heterocycles. The van der Waals surface area contributed by atoms with E-state index < -0.39 is 26.1 Å². The first-order valence-electron chi connectivity index (χ1n) is 15.0. The molecule has 18 heteroatoms. The minimum atomic E-state index is -5.03. The van der Waals surface area contributed by atoms with Gasteiger partial charge >= 0.3 is 73.0 Å². The van der Waals surface area contributed by atoms with Crippen molar-refractivity contribution in [3.8, 4) is 17.2 Å². The van der Waals surface area contributed by atoms with Gasteiger partial charge in [-0.15, -0.1) is 6.58 Å². The molecule has 4 amide bonds. The standard InChI is InChI=1S/C32H37N6O9P.2Na.H/c1-4-16-36-21-29(39)37-26(17-22-11-13-25(14-12-22)47-48(42,43)44)31(40)35(19-23-8-7-10-27(45-2)30(23)46-3)20-28(37)38(36)32(41)34-18-24-9-5-6-15-33-24;;;/h4-15,26,28H,1,16-21H2,2-3H3,(H,34,41)(H2,42,43,44);;;/q;2*+1;-1/p-1/t26-,28-;;;/m0.../s1. The van der Waals surface area contributed by atoms with Crippen molar-refractivity contribution in [1.82, 2.24) is 30.1 Å². The van der Waals surface area contributed by atoms with Crippen LogP contribution in [0, 0.1) is 0 Å². The third-order valence-corrected chi connectivity index (χ3v) is 8.39. The van der Waals surface area contributed by atoms with Gasteiger partial charge < -0.3 is 40.3 Å². The Morgan fingerprint density at radius 2 is 1.86 bits per heavy atom. The molecule has 3 atom stereocenters. The molecule has 3 aromatic rings. The predicted molar refractivity (Wildman–Crippen MR) is 171 cm³/mol. The van der Waals surface area contributed by atoms with Gasteiger partial charge in [0.1, 0.15) is 18.0 Å². The average molecular weight is 727 g/mol. The number of phosphoric ester groups is 1. The number of amides is 4. The molecule has 3 heterocycles. The first-order chi connectivity index (χ1) is 23.0. The number of piperazine rings is 1. The molecule has 2 aliphatic rings. The molecule has 2 saturated heterocycles. The number of carbonyl (C=O) groups is 3. The van der Waals surface area contributed by atoms with Crippen LogP contribution in [0.4, 0.5) is 4.79 Å². The number of hydrogen-bond donors (Lipinski definition) is 2. The molecule has 2 N–H and O–H groups in total. The van der Waals surface area contributed by atoms with Gasteiger partial charge in [-0.25, -0.2) is 14.8 Å². The molecular weight excluding hydrogens is 689 g/mol. The Bertz CT molecular complexity index is 1710. The summed E-state index contributed by atoms with van der Waals surface area (Å²) in [6.45, 7) is 4.00. The first kappa shape index (κ1) is 41.5. The van der Waals surface area contributed by atoms with E-state index in [0.29, 0.717) is 28.3 Å². The largest absolute Gasteiger partial charge is 1.00 e. The minimum absolute atomic E-state index is 0. The summed E-state index contributed by atoms with van der Waals surface area (Å²) < 4.78 is 26.8. The van der Waals surface area contributed by atoms with Crippen LogP contribution in [0.3, 0.4) is 0 Å². The Morgan fingerprint density at radius 3 is 2.48 bits per heavy atom. The maximum atomic E-state index is 14.3. The summed E-state index contributed by atoms with van der Waals surface area (Å²) in [5.41, 5.74) is 1.86. The molecule has 0 spiro atoms. The van der Waals surface area contributed by atoms with Gasteiger partial charge in [0.05, 0.1) is 39.5 Å². The van der Waals surface area contributed by atoms with E-state index in [4.69, 9.17) is 14.4 Å². The molecule has 1 aromatic heterocycles. The zero-order valence-electron chi connectivity index (χ0n) is 29.4. The van der Waals surface area contributed by atoms with Crippen molar-refractivity contribution in [2.45, 2.75) is 31.7 Å². The van der Waals surface area contributed by atoms with Gasteiger partial charge in [0.15, 0.2) is 11.5 Å². The molecule has 50 heavy (non-hydrogen) atoms. The van der Waals surface area contributed by atoms with Gasteiger partial charge in [-0.2, -0.15) is 0 Å². The van der Waals surface area contributed by atoms with E-state index in [1.54, 1.807) is 52.5 Å². The fraction of sp³-hybridized carbons (Fsp3) is 0.312. The molecular formula is C32H37N6Na2O9P. The van der Waals surface area contributed by atoms with Crippen LogP contribution in [0.5, 0.6) is 17.2 Å². The zero-order chi connectivity index (χ0) is 34.4. The second-order valence-electron chi connectivity index (χ2n) is 11.0. The van der Waals surface area contributed by atoms with E-state index in [2.05, 4.69) is 21.4 Å². The van der Waals surface area contributed by atoms with Crippen LogP contribution in [0.15, 0.2) is 79.5 Å². The normalized spacial score (nSPS) is 18.5. The first-order valence-corrected chi connectivity index (χ1v) is 16.5. The number of nitrogens with one attached hydrogen (secondary N) is 1. The molecule has 0 bridgehead atoms. The molecule has 2 aromatic carbocycles. The number of aromatic nitrogens is 1. The quantitative estimate of drug-likeness (QED) is 0.105. The van der Waals surface area contributed by atoms with Crippen molar-refractivity contribution < 1.29 is 103 Å². The van der Waals surface area contributed by atoms with Crippen LogP contribution in [-0.2, 0) is 33.7 Å². The molecule has 256 valence electrons. The third kappa shape index (κ3) is 9.88. The van der Waals surface area contributed by atoms with Crippen molar-refractivity contribution >= 4 is 25.7 Å². The number of carbonyl (C=O) groups excluding carboxylic acids is 3. The fourth-order valence-electron chi connectivity index (χ4n) is 5.92. The topological polar surface area (TPSA) is 177 Å². The molecule has 2 fully saturated rings. The maximum Gasteiger partial charge on any atom is 1.00 e. The number of fused-ring (bicyclic) bond motifs is 1. The van der Waals surface area contributed by atoms with Gasteiger partial charge in [-0.1, -0.05) is 36.4 Å². The maximum absolute atomic E-state index is 14.3. The number of hydrazine groups is 1. The zero-order valence-corrected chi connectivity index (χ0v) is 33.3. The monoisotopic (exact) mass is 726 g/mol. The summed E-state index contributed by atoms with van der Waals surface area (Å²) in [6, 6.07) is 14.9. The molecule has 5 rings (SSSR count). The van der Waals surface area contributed by atoms with E-state index >= 15 is 0 Å². The van der Waals surface area contributed by atoms with E-state index in [1.807, 2.05) is 6.07 Å².